The Balaban J connectivity index is 2.03. The number of anilines is 1. The molecule has 0 unspecified atom stereocenters. The van der Waals surface area contributed by atoms with Gasteiger partial charge in [-0.25, -0.2) is 0 Å². The summed E-state index contributed by atoms with van der Waals surface area (Å²) in [5.41, 5.74) is 2.80. The van der Waals surface area contributed by atoms with E-state index in [9.17, 15) is 0 Å². The first-order chi connectivity index (χ1) is 8.16. The van der Waals surface area contributed by atoms with Crippen LogP contribution in [0.2, 0.25) is 0 Å². The third-order valence-corrected chi connectivity index (χ3v) is 3.96. The Kier molecular flexibility index (Phi) is 4.09. The second-order valence-corrected chi connectivity index (χ2v) is 5.84. The number of rotatable bonds is 3. The molecule has 1 nitrogen and oxygen atoms in total. The van der Waals surface area contributed by atoms with Crippen molar-refractivity contribution in [3.8, 4) is 0 Å². The molecule has 0 atom stereocenters. The molecule has 1 heteroatoms. The molecule has 0 aromatic heterocycles. The summed E-state index contributed by atoms with van der Waals surface area (Å²) in [7, 11) is 0. The molecule has 1 aromatic rings. The van der Waals surface area contributed by atoms with Crippen LogP contribution in [0.4, 0.5) is 5.69 Å². The summed E-state index contributed by atoms with van der Waals surface area (Å²) < 4.78 is 0. The van der Waals surface area contributed by atoms with Crippen LogP contribution in [-0.4, -0.2) is 6.04 Å². The fourth-order valence-electron chi connectivity index (χ4n) is 2.76. The Labute approximate surface area is 106 Å². The summed E-state index contributed by atoms with van der Waals surface area (Å²) >= 11 is 0. The monoisotopic (exact) mass is 231 g/mol. The highest BCUT2D eigenvalue weighted by Crippen LogP contribution is 2.29. The average Bonchev–Trinajstić information content (AvgIpc) is 2.32. The molecule has 1 aliphatic rings. The van der Waals surface area contributed by atoms with Gasteiger partial charge in [0.15, 0.2) is 0 Å². The van der Waals surface area contributed by atoms with Crippen molar-refractivity contribution >= 4 is 5.69 Å². The predicted octanol–water partition coefficient (Wildman–Crippen LogP) is 4.80. The average molecular weight is 231 g/mol. The van der Waals surface area contributed by atoms with E-state index >= 15 is 0 Å². The highest BCUT2D eigenvalue weighted by atomic mass is 14.9. The highest BCUT2D eigenvalue weighted by Gasteiger charge is 2.18. The van der Waals surface area contributed by atoms with E-state index in [4.69, 9.17) is 0 Å². The van der Waals surface area contributed by atoms with Crippen molar-refractivity contribution in [1.29, 1.82) is 0 Å². The van der Waals surface area contributed by atoms with Gasteiger partial charge in [0.05, 0.1) is 0 Å². The molecule has 1 saturated carbocycles. The van der Waals surface area contributed by atoms with E-state index in [1.165, 1.54) is 36.9 Å². The maximum absolute atomic E-state index is 3.75. The lowest BCUT2D eigenvalue weighted by Crippen LogP contribution is -2.25. The van der Waals surface area contributed by atoms with E-state index < -0.39 is 0 Å². The summed E-state index contributed by atoms with van der Waals surface area (Å²) in [6, 6.07) is 9.45. The van der Waals surface area contributed by atoms with Crippen molar-refractivity contribution in [3.63, 3.8) is 0 Å². The van der Waals surface area contributed by atoms with Crippen LogP contribution >= 0.6 is 0 Å². The van der Waals surface area contributed by atoms with E-state index in [0.29, 0.717) is 12.0 Å². The molecular weight excluding hydrogens is 206 g/mol. The second kappa shape index (κ2) is 5.57. The predicted molar refractivity (Wildman–Crippen MR) is 75.6 cm³/mol. The van der Waals surface area contributed by atoms with Crippen molar-refractivity contribution in [1.82, 2.24) is 0 Å². The van der Waals surface area contributed by atoms with Crippen LogP contribution in [0.25, 0.3) is 0 Å². The van der Waals surface area contributed by atoms with Gasteiger partial charge in [0, 0.05) is 11.7 Å². The quantitative estimate of drug-likeness (QED) is 0.788. The van der Waals surface area contributed by atoms with Crippen LogP contribution in [0.15, 0.2) is 24.3 Å². The first-order valence-corrected chi connectivity index (χ1v) is 7.02. The normalized spacial score (nSPS) is 24.9. The van der Waals surface area contributed by atoms with Gasteiger partial charge in [-0.3, -0.25) is 0 Å². The summed E-state index contributed by atoms with van der Waals surface area (Å²) in [5.74, 6) is 1.52. The molecule has 0 radical (unpaired) electrons. The van der Waals surface area contributed by atoms with Crippen LogP contribution in [-0.2, 0) is 0 Å². The molecule has 0 aliphatic heterocycles. The number of benzene rings is 1. The second-order valence-electron chi connectivity index (χ2n) is 5.84. The number of nitrogens with one attached hydrogen (secondary N) is 1. The standard InChI is InChI=1S/C16H25N/c1-12(2)15-6-4-5-7-16(15)17-14-10-8-13(3)9-11-14/h4-7,12-14,17H,8-11H2,1-3H3. The van der Waals surface area contributed by atoms with Crippen molar-refractivity contribution in [2.24, 2.45) is 5.92 Å². The molecule has 94 valence electrons. The van der Waals surface area contributed by atoms with Crippen molar-refractivity contribution in [3.05, 3.63) is 29.8 Å². The molecule has 0 spiro atoms. The van der Waals surface area contributed by atoms with Crippen LogP contribution in [0.5, 0.6) is 0 Å². The van der Waals surface area contributed by atoms with Gasteiger partial charge in [0.25, 0.3) is 0 Å². The lowest BCUT2D eigenvalue weighted by atomic mass is 9.87. The Morgan fingerprint density at radius 2 is 1.71 bits per heavy atom. The first kappa shape index (κ1) is 12.5. The molecule has 0 heterocycles. The summed E-state index contributed by atoms with van der Waals surface area (Å²) in [6.45, 7) is 6.91. The number of hydrogen-bond donors (Lipinski definition) is 1. The van der Waals surface area contributed by atoms with Gasteiger partial charge in [0.2, 0.25) is 0 Å². The van der Waals surface area contributed by atoms with Gasteiger partial charge in [-0.15, -0.1) is 0 Å². The van der Waals surface area contributed by atoms with E-state index in [2.05, 4.69) is 50.4 Å². The molecule has 0 amide bonds. The van der Waals surface area contributed by atoms with Gasteiger partial charge in [-0.1, -0.05) is 39.0 Å². The molecule has 0 bridgehead atoms. The molecule has 2 rings (SSSR count). The smallest absolute Gasteiger partial charge is 0.0377 e. The molecule has 17 heavy (non-hydrogen) atoms. The minimum atomic E-state index is 0.598. The SMILES string of the molecule is CC1CCC(Nc2ccccc2C(C)C)CC1. The Morgan fingerprint density at radius 1 is 1.06 bits per heavy atom. The van der Waals surface area contributed by atoms with Crippen molar-refractivity contribution in [2.75, 3.05) is 5.32 Å². The fraction of sp³-hybridized carbons (Fsp3) is 0.625. The van der Waals surface area contributed by atoms with Gasteiger partial charge >= 0.3 is 0 Å². The van der Waals surface area contributed by atoms with E-state index in [0.717, 1.165) is 5.92 Å². The summed E-state index contributed by atoms with van der Waals surface area (Å²) in [4.78, 5) is 0. The molecule has 1 aromatic carbocycles. The number of hydrogen-bond acceptors (Lipinski definition) is 1. The van der Waals surface area contributed by atoms with Crippen LogP contribution < -0.4 is 5.32 Å². The Hall–Kier alpha value is -0.980. The topological polar surface area (TPSA) is 12.0 Å². The van der Waals surface area contributed by atoms with Crippen LogP contribution in [0.3, 0.4) is 0 Å². The van der Waals surface area contributed by atoms with Gasteiger partial charge in [-0.2, -0.15) is 0 Å². The number of para-hydroxylation sites is 1. The minimum Gasteiger partial charge on any atom is -0.382 e. The zero-order valence-electron chi connectivity index (χ0n) is 11.4. The third-order valence-electron chi connectivity index (χ3n) is 3.96. The van der Waals surface area contributed by atoms with Gasteiger partial charge < -0.3 is 5.32 Å². The zero-order valence-corrected chi connectivity index (χ0v) is 11.4. The van der Waals surface area contributed by atoms with E-state index in [1.807, 2.05) is 0 Å². The van der Waals surface area contributed by atoms with Gasteiger partial charge in [-0.05, 0) is 49.1 Å². The fourth-order valence-corrected chi connectivity index (χ4v) is 2.76. The first-order valence-electron chi connectivity index (χ1n) is 7.02. The molecule has 0 saturated heterocycles. The lowest BCUT2D eigenvalue weighted by Gasteiger charge is -2.29. The summed E-state index contributed by atoms with van der Waals surface area (Å²) in [6.07, 6.45) is 5.41. The Morgan fingerprint density at radius 3 is 2.35 bits per heavy atom. The van der Waals surface area contributed by atoms with Gasteiger partial charge in [0.1, 0.15) is 0 Å². The Bertz CT molecular complexity index is 348. The minimum absolute atomic E-state index is 0.598. The third kappa shape index (κ3) is 3.24. The maximum atomic E-state index is 3.75. The molecule has 1 N–H and O–H groups in total. The summed E-state index contributed by atoms with van der Waals surface area (Å²) in [5, 5.41) is 3.75. The zero-order chi connectivity index (χ0) is 12.3. The van der Waals surface area contributed by atoms with Crippen LogP contribution in [0.1, 0.15) is 57.9 Å². The van der Waals surface area contributed by atoms with Crippen molar-refractivity contribution in [2.45, 2.75) is 58.4 Å². The molecule has 1 fully saturated rings. The maximum Gasteiger partial charge on any atom is 0.0377 e. The molecule has 1 aliphatic carbocycles. The highest BCUT2D eigenvalue weighted by molar-refractivity contribution is 5.53. The van der Waals surface area contributed by atoms with Crippen molar-refractivity contribution < 1.29 is 0 Å². The molecular formula is C16H25N. The van der Waals surface area contributed by atoms with E-state index in [-0.39, 0.29) is 0 Å². The van der Waals surface area contributed by atoms with E-state index in [1.54, 1.807) is 0 Å². The van der Waals surface area contributed by atoms with Crippen LogP contribution in [0, 0.1) is 5.92 Å². The lowest BCUT2D eigenvalue weighted by molar-refractivity contribution is 0.361. The largest absolute Gasteiger partial charge is 0.382 e.